The molecule has 0 bridgehead atoms. The van der Waals surface area contributed by atoms with E-state index in [-0.39, 0.29) is 31.5 Å². The Morgan fingerprint density at radius 1 is 0.889 bits per heavy atom. The largest absolute Gasteiger partial charge is 0.489 e. The van der Waals surface area contributed by atoms with E-state index in [1.165, 1.54) is 6.26 Å². The van der Waals surface area contributed by atoms with Crippen molar-refractivity contribution in [3.8, 4) is 5.75 Å². The number of ether oxygens (including phenoxy) is 1. The number of benzene rings is 2. The first-order valence-electron chi connectivity index (χ1n) is 8.55. The fraction of sp³-hybridized carbons (Fsp3) is 0.143. The third-order valence-electron chi connectivity index (χ3n) is 3.85. The molecule has 0 aliphatic heterocycles. The van der Waals surface area contributed by atoms with Crippen molar-refractivity contribution < 1.29 is 18.7 Å². The van der Waals surface area contributed by atoms with Gasteiger partial charge in [0, 0.05) is 11.1 Å². The van der Waals surface area contributed by atoms with E-state index in [1.807, 2.05) is 42.5 Å². The lowest BCUT2D eigenvalue weighted by molar-refractivity contribution is -0.120. The maximum atomic E-state index is 12.4. The molecule has 0 aliphatic rings. The minimum atomic E-state index is -0.324. The van der Waals surface area contributed by atoms with Gasteiger partial charge in [0.05, 0.1) is 19.4 Å². The van der Waals surface area contributed by atoms with Gasteiger partial charge in [-0.25, -0.2) is 0 Å². The molecule has 3 rings (SSSR count). The molecule has 0 radical (unpaired) electrons. The average Bonchev–Trinajstić information content (AvgIpc) is 3.23. The highest BCUT2D eigenvalue weighted by Crippen LogP contribution is 2.14. The molecular weight excluding hydrogens is 344 g/mol. The van der Waals surface area contributed by atoms with Crippen LogP contribution in [0.1, 0.15) is 21.7 Å². The second-order valence-corrected chi connectivity index (χ2v) is 5.80. The van der Waals surface area contributed by atoms with Gasteiger partial charge >= 0.3 is 0 Å². The number of nitrogens with one attached hydrogen (secondary N) is 2. The lowest BCUT2D eigenvalue weighted by atomic mass is 10.1. The van der Waals surface area contributed by atoms with Gasteiger partial charge in [0.1, 0.15) is 18.1 Å². The van der Waals surface area contributed by atoms with Gasteiger partial charge in [0.25, 0.3) is 5.91 Å². The zero-order chi connectivity index (χ0) is 18.9. The summed E-state index contributed by atoms with van der Waals surface area (Å²) in [6, 6.07) is 20.1. The zero-order valence-electron chi connectivity index (χ0n) is 14.7. The Balaban J connectivity index is 1.52. The van der Waals surface area contributed by atoms with Crippen LogP contribution in [-0.2, 0) is 17.9 Å². The van der Waals surface area contributed by atoms with E-state index in [1.54, 1.807) is 24.3 Å². The minimum Gasteiger partial charge on any atom is -0.489 e. The van der Waals surface area contributed by atoms with Crippen LogP contribution in [0.3, 0.4) is 0 Å². The number of amides is 2. The summed E-state index contributed by atoms with van der Waals surface area (Å²) in [4.78, 5) is 24.3. The molecule has 3 aromatic rings. The molecule has 27 heavy (non-hydrogen) atoms. The van der Waals surface area contributed by atoms with Gasteiger partial charge in [-0.2, -0.15) is 0 Å². The van der Waals surface area contributed by atoms with Crippen molar-refractivity contribution in [1.29, 1.82) is 0 Å². The molecule has 6 heteroatoms. The van der Waals surface area contributed by atoms with Crippen LogP contribution in [0.15, 0.2) is 77.4 Å². The molecule has 0 unspecified atom stereocenters. The van der Waals surface area contributed by atoms with Crippen LogP contribution < -0.4 is 15.4 Å². The second-order valence-electron chi connectivity index (χ2n) is 5.80. The Bertz CT molecular complexity index is 876. The fourth-order valence-electron chi connectivity index (χ4n) is 2.46. The normalized spacial score (nSPS) is 10.2. The summed E-state index contributed by atoms with van der Waals surface area (Å²) in [6.45, 7) is 0.426. The molecule has 1 heterocycles. The van der Waals surface area contributed by atoms with Crippen molar-refractivity contribution >= 4 is 11.8 Å². The summed E-state index contributed by atoms with van der Waals surface area (Å²) in [5.41, 5.74) is 1.22. The molecule has 6 nitrogen and oxygen atoms in total. The Morgan fingerprint density at radius 2 is 1.67 bits per heavy atom. The van der Waals surface area contributed by atoms with Crippen molar-refractivity contribution in [2.24, 2.45) is 0 Å². The second kappa shape index (κ2) is 9.24. The average molecular weight is 364 g/mol. The third kappa shape index (κ3) is 5.47. The molecule has 0 saturated carbocycles. The molecule has 0 fully saturated rings. The van der Waals surface area contributed by atoms with Crippen molar-refractivity contribution in [2.75, 3.05) is 6.54 Å². The third-order valence-corrected chi connectivity index (χ3v) is 3.85. The van der Waals surface area contributed by atoms with Crippen molar-refractivity contribution in [1.82, 2.24) is 10.6 Å². The quantitative estimate of drug-likeness (QED) is 0.644. The number of furan rings is 1. The molecule has 1 aromatic heterocycles. The van der Waals surface area contributed by atoms with Crippen LogP contribution in [-0.4, -0.2) is 18.4 Å². The molecule has 0 aliphatic carbocycles. The molecule has 138 valence electrons. The number of rotatable bonds is 8. The highest BCUT2D eigenvalue weighted by Gasteiger charge is 2.13. The molecule has 2 aromatic carbocycles. The highest BCUT2D eigenvalue weighted by atomic mass is 16.5. The van der Waals surface area contributed by atoms with Crippen LogP contribution in [0.5, 0.6) is 5.75 Å². The summed E-state index contributed by atoms with van der Waals surface area (Å²) in [6.07, 6.45) is 1.54. The lowest BCUT2D eigenvalue weighted by Crippen LogP contribution is -2.36. The SMILES string of the molecule is O=C(CNC(=O)c1ccccc1COc1ccccc1)NCc1ccco1. The van der Waals surface area contributed by atoms with Crippen molar-refractivity contribution in [3.63, 3.8) is 0 Å². The minimum absolute atomic E-state index is 0.118. The fourth-order valence-corrected chi connectivity index (χ4v) is 2.46. The first kappa shape index (κ1) is 18.3. The summed E-state index contributed by atoms with van der Waals surface area (Å²) < 4.78 is 10.9. The maximum absolute atomic E-state index is 12.4. The molecule has 0 saturated heterocycles. The van der Waals surface area contributed by atoms with E-state index in [9.17, 15) is 9.59 Å². The summed E-state index contributed by atoms with van der Waals surface area (Å²) >= 11 is 0. The molecule has 0 atom stereocenters. The maximum Gasteiger partial charge on any atom is 0.252 e. The van der Waals surface area contributed by atoms with Crippen LogP contribution >= 0.6 is 0 Å². The van der Waals surface area contributed by atoms with E-state index in [0.717, 1.165) is 11.3 Å². The van der Waals surface area contributed by atoms with Crippen LogP contribution in [0, 0.1) is 0 Å². The van der Waals surface area contributed by atoms with Gasteiger partial charge in [0.2, 0.25) is 5.91 Å². The highest BCUT2D eigenvalue weighted by molar-refractivity contribution is 5.97. The van der Waals surface area contributed by atoms with E-state index in [4.69, 9.17) is 9.15 Å². The van der Waals surface area contributed by atoms with Gasteiger partial charge in [0.15, 0.2) is 0 Å². The van der Waals surface area contributed by atoms with E-state index in [2.05, 4.69) is 10.6 Å². The van der Waals surface area contributed by atoms with Gasteiger partial charge in [-0.1, -0.05) is 36.4 Å². The number of carbonyl (C=O) groups is 2. The first-order valence-corrected chi connectivity index (χ1v) is 8.55. The van der Waals surface area contributed by atoms with Gasteiger partial charge in [-0.3, -0.25) is 9.59 Å². The van der Waals surface area contributed by atoms with Gasteiger partial charge in [-0.05, 0) is 30.3 Å². The lowest BCUT2D eigenvalue weighted by Gasteiger charge is -2.11. The molecule has 2 amide bonds. The number of hydrogen-bond acceptors (Lipinski definition) is 4. The summed E-state index contributed by atoms with van der Waals surface area (Å²) in [7, 11) is 0. The van der Waals surface area contributed by atoms with E-state index in [0.29, 0.717) is 11.3 Å². The van der Waals surface area contributed by atoms with E-state index >= 15 is 0 Å². The Morgan fingerprint density at radius 3 is 2.44 bits per heavy atom. The molecule has 2 N–H and O–H groups in total. The van der Waals surface area contributed by atoms with Crippen molar-refractivity contribution in [3.05, 3.63) is 89.9 Å². The monoisotopic (exact) mass is 364 g/mol. The predicted octanol–water partition coefficient (Wildman–Crippen LogP) is 2.90. The van der Waals surface area contributed by atoms with E-state index < -0.39 is 0 Å². The van der Waals surface area contributed by atoms with Crippen LogP contribution in [0.25, 0.3) is 0 Å². The van der Waals surface area contributed by atoms with Gasteiger partial charge < -0.3 is 19.8 Å². The first-order chi connectivity index (χ1) is 13.2. The van der Waals surface area contributed by atoms with Crippen LogP contribution in [0.4, 0.5) is 0 Å². The summed E-state index contributed by atoms with van der Waals surface area (Å²) in [5, 5.41) is 5.31. The number of hydrogen-bond donors (Lipinski definition) is 2. The molecular formula is C21H20N2O4. The zero-order valence-corrected chi connectivity index (χ0v) is 14.7. The number of para-hydroxylation sites is 1. The predicted molar refractivity (Wildman–Crippen MR) is 100 cm³/mol. The Kier molecular flexibility index (Phi) is 6.25. The Hall–Kier alpha value is -3.54. The van der Waals surface area contributed by atoms with Gasteiger partial charge in [-0.15, -0.1) is 0 Å². The summed E-state index contributed by atoms with van der Waals surface area (Å²) in [5.74, 6) is 0.760. The molecule has 0 spiro atoms. The topological polar surface area (TPSA) is 80.6 Å². The van der Waals surface area contributed by atoms with Crippen LogP contribution in [0.2, 0.25) is 0 Å². The van der Waals surface area contributed by atoms with Crippen molar-refractivity contribution in [2.45, 2.75) is 13.2 Å². The standard InChI is InChI=1S/C21H20N2O4/c24-20(22-13-18-10-6-12-26-18)14-23-21(25)19-11-5-4-7-16(19)15-27-17-8-2-1-3-9-17/h1-12H,13-15H2,(H,22,24)(H,23,25). The Labute approximate surface area is 157 Å². The number of carbonyl (C=O) groups excluding carboxylic acids is 2. The smallest absolute Gasteiger partial charge is 0.252 e.